The Morgan fingerprint density at radius 3 is 2.58 bits per heavy atom. The van der Waals surface area contributed by atoms with E-state index in [4.69, 9.17) is 14.2 Å². The molecule has 1 aliphatic rings. The molecular weight excluding hydrogens is 336 g/mol. The topological polar surface area (TPSA) is 85.8 Å². The SMILES string of the molecule is COc1ccc(CNC(=O)N2CCC(Oc3nccnc3OC)C2)cc1. The fourth-order valence-corrected chi connectivity index (χ4v) is 2.73. The van der Waals surface area contributed by atoms with Gasteiger partial charge in [0.2, 0.25) is 0 Å². The Kier molecular flexibility index (Phi) is 5.73. The van der Waals surface area contributed by atoms with Crippen LogP contribution in [0.25, 0.3) is 0 Å². The minimum atomic E-state index is -0.132. The maximum absolute atomic E-state index is 12.3. The molecule has 0 bridgehead atoms. The van der Waals surface area contributed by atoms with Crippen molar-refractivity contribution in [3.05, 3.63) is 42.2 Å². The Morgan fingerprint density at radius 2 is 1.88 bits per heavy atom. The minimum Gasteiger partial charge on any atom is -0.497 e. The molecule has 1 atom stereocenters. The van der Waals surface area contributed by atoms with E-state index in [2.05, 4.69) is 15.3 Å². The van der Waals surface area contributed by atoms with Crippen LogP contribution in [0.15, 0.2) is 36.7 Å². The average molecular weight is 358 g/mol. The van der Waals surface area contributed by atoms with Gasteiger partial charge in [0.05, 0.1) is 20.8 Å². The summed E-state index contributed by atoms with van der Waals surface area (Å²) in [5.41, 5.74) is 1.01. The van der Waals surface area contributed by atoms with E-state index in [1.54, 1.807) is 24.4 Å². The highest BCUT2D eigenvalue weighted by Gasteiger charge is 2.28. The Hall–Kier alpha value is -3.03. The van der Waals surface area contributed by atoms with Gasteiger partial charge >= 0.3 is 6.03 Å². The molecule has 26 heavy (non-hydrogen) atoms. The number of amides is 2. The van der Waals surface area contributed by atoms with Gasteiger partial charge in [0, 0.05) is 31.9 Å². The molecular formula is C18H22N4O4. The van der Waals surface area contributed by atoms with Crippen LogP contribution in [0.3, 0.4) is 0 Å². The normalized spacial score (nSPS) is 16.2. The standard InChI is InChI=1S/C18H22N4O4/c1-24-14-5-3-13(4-6-14)11-21-18(23)22-10-7-15(12-22)26-17-16(25-2)19-8-9-20-17/h3-6,8-9,15H,7,10-12H2,1-2H3,(H,21,23). The van der Waals surface area contributed by atoms with Gasteiger partial charge in [0.15, 0.2) is 0 Å². The summed E-state index contributed by atoms with van der Waals surface area (Å²) in [4.78, 5) is 22.3. The summed E-state index contributed by atoms with van der Waals surface area (Å²) < 4.78 is 16.1. The number of hydrogen-bond donors (Lipinski definition) is 1. The van der Waals surface area contributed by atoms with Crippen LogP contribution in [0.5, 0.6) is 17.5 Å². The number of likely N-dealkylation sites (tertiary alicyclic amines) is 1. The number of ether oxygens (including phenoxy) is 3. The number of nitrogens with zero attached hydrogens (tertiary/aromatic N) is 3. The second-order valence-corrected chi connectivity index (χ2v) is 5.85. The van der Waals surface area contributed by atoms with Crippen LogP contribution in [0.2, 0.25) is 0 Å². The van der Waals surface area contributed by atoms with E-state index in [1.807, 2.05) is 24.3 Å². The van der Waals surface area contributed by atoms with Crippen molar-refractivity contribution in [3.63, 3.8) is 0 Å². The van der Waals surface area contributed by atoms with Gasteiger partial charge in [-0.3, -0.25) is 0 Å². The van der Waals surface area contributed by atoms with Crippen molar-refractivity contribution < 1.29 is 19.0 Å². The predicted octanol–water partition coefficient (Wildman–Crippen LogP) is 1.86. The lowest BCUT2D eigenvalue weighted by atomic mass is 10.2. The number of carbonyl (C=O) groups excluding carboxylic acids is 1. The summed E-state index contributed by atoms with van der Waals surface area (Å²) in [7, 11) is 3.14. The molecule has 1 aromatic heterocycles. The Labute approximate surface area is 152 Å². The van der Waals surface area contributed by atoms with Crippen LogP contribution in [0.4, 0.5) is 4.79 Å². The van der Waals surface area contributed by atoms with E-state index in [1.165, 1.54) is 7.11 Å². The lowest BCUT2D eigenvalue weighted by Crippen LogP contribution is -2.39. The summed E-state index contributed by atoms with van der Waals surface area (Å²) in [5, 5.41) is 2.92. The van der Waals surface area contributed by atoms with Gasteiger partial charge in [-0.25, -0.2) is 14.8 Å². The quantitative estimate of drug-likeness (QED) is 0.848. The zero-order valence-corrected chi connectivity index (χ0v) is 14.8. The molecule has 0 saturated carbocycles. The molecule has 8 nitrogen and oxygen atoms in total. The number of rotatable bonds is 6. The largest absolute Gasteiger partial charge is 0.497 e. The molecule has 1 aromatic carbocycles. The van der Waals surface area contributed by atoms with Crippen molar-refractivity contribution in [2.75, 3.05) is 27.3 Å². The van der Waals surface area contributed by atoms with E-state index in [0.717, 1.165) is 17.7 Å². The van der Waals surface area contributed by atoms with Crippen LogP contribution in [0, 0.1) is 0 Å². The summed E-state index contributed by atoms with van der Waals surface area (Å²) >= 11 is 0. The third-order valence-corrected chi connectivity index (χ3v) is 4.14. The van der Waals surface area contributed by atoms with E-state index >= 15 is 0 Å². The minimum absolute atomic E-state index is 0.113. The van der Waals surface area contributed by atoms with Gasteiger partial charge in [-0.1, -0.05) is 12.1 Å². The molecule has 8 heteroatoms. The number of methoxy groups -OCH3 is 2. The maximum Gasteiger partial charge on any atom is 0.317 e. The summed E-state index contributed by atoms with van der Waals surface area (Å²) in [6.45, 7) is 1.58. The highest BCUT2D eigenvalue weighted by molar-refractivity contribution is 5.74. The van der Waals surface area contributed by atoms with Crippen molar-refractivity contribution in [2.45, 2.75) is 19.1 Å². The molecule has 2 heterocycles. The molecule has 3 rings (SSSR count). The highest BCUT2D eigenvalue weighted by Crippen LogP contribution is 2.23. The Balaban J connectivity index is 1.49. The molecule has 1 fully saturated rings. The first kappa shape index (κ1) is 17.8. The zero-order valence-electron chi connectivity index (χ0n) is 14.8. The van der Waals surface area contributed by atoms with Gasteiger partial charge in [-0.15, -0.1) is 0 Å². The second kappa shape index (κ2) is 8.37. The van der Waals surface area contributed by atoms with Crippen LogP contribution < -0.4 is 19.5 Å². The van der Waals surface area contributed by atoms with Crippen molar-refractivity contribution in [3.8, 4) is 17.5 Å². The molecule has 1 unspecified atom stereocenters. The van der Waals surface area contributed by atoms with Crippen LogP contribution in [-0.4, -0.2) is 54.3 Å². The highest BCUT2D eigenvalue weighted by atomic mass is 16.5. The summed E-state index contributed by atoms with van der Waals surface area (Å²) in [6, 6.07) is 7.48. The monoisotopic (exact) mass is 358 g/mol. The maximum atomic E-state index is 12.3. The first-order valence-electron chi connectivity index (χ1n) is 8.37. The Bertz CT molecular complexity index is 738. The lowest BCUT2D eigenvalue weighted by molar-refractivity contribution is 0.177. The number of aromatic nitrogens is 2. The number of urea groups is 1. The molecule has 0 radical (unpaired) electrons. The molecule has 1 saturated heterocycles. The number of nitrogens with one attached hydrogen (secondary N) is 1. The number of carbonyl (C=O) groups is 1. The van der Waals surface area contributed by atoms with Crippen LogP contribution >= 0.6 is 0 Å². The average Bonchev–Trinajstić information content (AvgIpc) is 3.15. The summed E-state index contributed by atoms with van der Waals surface area (Å²) in [6.07, 6.45) is 3.69. The fourth-order valence-electron chi connectivity index (χ4n) is 2.73. The smallest absolute Gasteiger partial charge is 0.317 e. The van der Waals surface area contributed by atoms with E-state index in [0.29, 0.717) is 31.4 Å². The van der Waals surface area contributed by atoms with E-state index < -0.39 is 0 Å². The number of benzene rings is 1. The van der Waals surface area contributed by atoms with Gasteiger partial charge in [0.1, 0.15) is 11.9 Å². The van der Waals surface area contributed by atoms with Crippen LogP contribution in [-0.2, 0) is 6.54 Å². The molecule has 1 N–H and O–H groups in total. The van der Waals surface area contributed by atoms with E-state index in [9.17, 15) is 4.79 Å². The third-order valence-electron chi connectivity index (χ3n) is 4.14. The fraction of sp³-hybridized carbons (Fsp3) is 0.389. The second-order valence-electron chi connectivity index (χ2n) is 5.85. The summed E-state index contributed by atoms with van der Waals surface area (Å²) in [5.74, 6) is 1.48. The van der Waals surface area contributed by atoms with Crippen molar-refractivity contribution in [2.24, 2.45) is 0 Å². The molecule has 0 spiro atoms. The first-order chi connectivity index (χ1) is 12.7. The molecule has 0 aliphatic carbocycles. The lowest BCUT2D eigenvalue weighted by Gasteiger charge is -2.18. The van der Waals surface area contributed by atoms with Gasteiger partial charge in [0.25, 0.3) is 11.8 Å². The zero-order chi connectivity index (χ0) is 18.4. The third kappa shape index (κ3) is 4.33. The van der Waals surface area contributed by atoms with Gasteiger partial charge in [-0.2, -0.15) is 0 Å². The molecule has 1 aliphatic heterocycles. The number of hydrogen-bond acceptors (Lipinski definition) is 6. The molecule has 2 aromatic rings. The molecule has 138 valence electrons. The van der Waals surface area contributed by atoms with Crippen molar-refractivity contribution >= 4 is 6.03 Å². The predicted molar refractivity (Wildman–Crippen MR) is 94.4 cm³/mol. The van der Waals surface area contributed by atoms with Crippen molar-refractivity contribution in [1.29, 1.82) is 0 Å². The molecule has 2 amide bonds. The first-order valence-corrected chi connectivity index (χ1v) is 8.37. The van der Waals surface area contributed by atoms with Crippen LogP contribution in [0.1, 0.15) is 12.0 Å². The van der Waals surface area contributed by atoms with Crippen molar-refractivity contribution in [1.82, 2.24) is 20.2 Å². The van der Waals surface area contributed by atoms with Gasteiger partial charge in [-0.05, 0) is 17.7 Å². The Morgan fingerprint density at radius 1 is 1.15 bits per heavy atom. The van der Waals surface area contributed by atoms with E-state index in [-0.39, 0.29) is 12.1 Å². The van der Waals surface area contributed by atoms with Gasteiger partial charge < -0.3 is 24.4 Å².